The Balaban J connectivity index is 1.46. The Morgan fingerprint density at radius 2 is 2.00 bits per heavy atom. The minimum absolute atomic E-state index is 0.0706. The third-order valence-electron chi connectivity index (χ3n) is 4.01. The maximum absolute atomic E-state index is 12.1. The van der Waals surface area contributed by atoms with E-state index in [1.54, 1.807) is 0 Å². The van der Waals surface area contributed by atoms with E-state index in [0.717, 1.165) is 22.7 Å². The summed E-state index contributed by atoms with van der Waals surface area (Å²) in [6.07, 6.45) is 0. The summed E-state index contributed by atoms with van der Waals surface area (Å²) in [6, 6.07) is 8.01. The van der Waals surface area contributed by atoms with Gasteiger partial charge >= 0.3 is 0 Å². The van der Waals surface area contributed by atoms with Crippen molar-refractivity contribution in [2.45, 2.75) is 32.9 Å². The molecule has 0 fully saturated rings. The first-order valence-corrected chi connectivity index (χ1v) is 9.71. The van der Waals surface area contributed by atoms with E-state index in [9.17, 15) is 4.79 Å². The summed E-state index contributed by atoms with van der Waals surface area (Å²) >= 11 is 1.34. The SMILES string of the molecule is Cc1ccc(OCCNC(=O)CSc2nnc3nc(C)cc(C)n23)c(C)c1. The minimum Gasteiger partial charge on any atom is -0.491 e. The van der Waals surface area contributed by atoms with Gasteiger partial charge in [-0.25, -0.2) is 4.98 Å². The summed E-state index contributed by atoms with van der Waals surface area (Å²) < 4.78 is 7.58. The number of carbonyl (C=O) groups is 1. The third-order valence-corrected chi connectivity index (χ3v) is 4.94. The molecule has 0 saturated heterocycles. The molecule has 1 aromatic carbocycles. The molecule has 2 heterocycles. The molecule has 8 heteroatoms. The van der Waals surface area contributed by atoms with Crippen LogP contribution in [0.5, 0.6) is 5.75 Å². The van der Waals surface area contributed by atoms with E-state index in [1.165, 1.54) is 17.3 Å². The zero-order valence-corrected chi connectivity index (χ0v) is 16.8. The number of fused-ring (bicyclic) bond motifs is 1. The van der Waals surface area contributed by atoms with Crippen LogP contribution in [0.2, 0.25) is 0 Å². The zero-order chi connectivity index (χ0) is 19.4. The van der Waals surface area contributed by atoms with Crippen LogP contribution in [0.1, 0.15) is 22.5 Å². The van der Waals surface area contributed by atoms with E-state index in [2.05, 4.69) is 26.6 Å². The van der Waals surface area contributed by atoms with Gasteiger partial charge in [-0.05, 0) is 45.4 Å². The molecule has 3 aromatic rings. The molecular formula is C19H23N5O2S. The molecule has 0 saturated carbocycles. The summed E-state index contributed by atoms with van der Waals surface area (Å²) in [7, 11) is 0. The van der Waals surface area contributed by atoms with E-state index in [-0.39, 0.29) is 11.7 Å². The lowest BCUT2D eigenvalue weighted by atomic mass is 10.1. The molecule has 3 rings (SSSR count). The number of aryl methyl sites for hydroxylation is 4. The highest BCUT2D eigenvalue weighted by atomic mass is 32.2. The van der Waals surface area contributed by atoms with Gasteiger partial charge in [-0.15, -0.1) is 10.2 Å². The number of nitrogens with one attached hydrogen (secondary N) is 1. The maximum atomic E-state index is 12.1. The number of carbonyl (C=O) groups excluding carboxylic acids is 1. The van der Waals surface area contributed by atoms with Gasteiger partial charge in [-0.1, -0.05) is 29.5 Å². The molecule has 0 aliphatic rings. The molecule has 0 spiro atoms. The first-order chi connectivity index (χ1) is 12.9. The maximum Gasteiger partial charge on any atom is 0.256 e. The number of nitrogens with zero attached hydrogens (tertiary/aromatic N) is 4. The molecule has 0 radical (unpaired) electrons. The smallest absolute Gasteiger partial charge is 0.256 e. The molecule has 7 nitrogen and oxygen atoms in total. The van der Waals surface area contributed by atoms with Crippen molar-refractivity contribution in [3.8, 4) is 5.75 Å². The highest BCUT2D eigenvalue weighted by molar-refractivity contribution is 7.99. The average molecular weight is 385 g/mol. The Bertz CT molecular complexity index is 970. The molecule has 2 aromatic heterocycles. The zero-order valence-electron chi connectivity index (χ0n) is 15.9. The van der Waals surface area contributed by atoms with Gasteiger partial charge in [-0.3, -0.25) is 9.20 Å². The van der Waals surface area contributed by atoms with Crippen LogP contribution in [0.25, 0.3) is 5.78 Å². The van der Waals surface area contributed by atoms with Crippen LogP contribution in [-0.4, -0.2) is 44.4 Å². The highest BCUT2D eigenvalue weighted by Gasteiger charge is 2.12. The fourth-order valence-electron chi connectivity index (χ4n) is 2.79. The molecule has 1 amide bonds. The summed E-state index contributed by atoms with van der Waals surface area (Å²) in [6.45, 7) is 8.83. The second kappa shape index (κ2) is 8.39. The lowest BCUT2D eigenvalue weighted by Gasteiger charge is -2.10. The van der Waals surface area contributed by atoms with Crippen LogP contribution in [-0.2, 0) is 4.79 Å². The molecule has 0 bridgehead atoms. The van der Waals surface area contributed by atoms with Gasteiger partial charge in [0, 0.05) is 11.4 Å². The molecule has 142 valence electrons. The van der Waals surface area contributed by atoms with Crippen molar-refractivity contribution in [1.82, 2.24) is 24.9 Å². The van der Waals surface area contributed by atoms with Crippen LogP contribution in [0, 0.1) is 27.7 Å². The molecule has 0 aliphatic heterocycles. The van der Waals surface area contributed by atoms with Crippen molar-refractivity contribution in [3.63, 3.8) is 0 Å². The number of aromatic nitrogens is 4. The van der Waals surface area contributed by atoms with Crippen molar-refractivity contribution in [1.29, 1.82) is 0 Å². The first-order valence-electron chi connectivity index (χ1n) is 8.73. The Kier molecular flexibility index (Phi) is 5.95. The Morgan fingerprint density at radius 3 is 2.78 bits per heavy atom. The van der Waals surface area contributed by atoms with Crippen molar-refractivity contribution < 1.29 is 9.53 Å². The van der Waals surface area contributed by atoms with Gasteiger partial charge < -0.3 is 10.1 Å². The summed E-state index contributed by atoms with van der Waals surface area (Å²) in [4.78, 5) is 16.4. The highest BCUT2D eigenvalue weighted by Crippen LogP contribution is 2.19. The third kappa shape index (κ3) is 4.77. The van der Waals surface area contributed by atoms with Crippen LogP contribution in [0.4, 0.5) is 0 Å². The summed E-state index contributed by atoms with van der Waals surface area (Å²) in [5.74, 6) is 1.59. The van der Waals surface area contributed by atoms with Crippen LogP contribution >= 0.6 is 11.8 Å². The largest absolute Gasteiger partial charge is 0.491 e. The second-order valence-corrected chi connectivity index (χ2v) is 7.36. The Hall–Kier alpha value is -2.61. The molecule has 27 heavy (non-hydrogen) atoms. The van der Waals surface area contributed by atoms with Crippen LogP contribution < -0.4 is 10.1 Å². The average Bonchev–Trinajstić information content (AvgIpc) is 3.01. The summed E-state index contributed by atoms with van der Waals surface area (Å²) in [5.41, 5.74) is 4.18. The normalized spacial score (nSPS) is 11.0. The molecule has 0 unspecified atom stereocenters. The molecular weight excluding hydrogens is 362 g/mol. The van der Waals surface area contributed by atoms with Crippen molar-refractivity contribution >= 4 is 23.4 Å². The second-order valence-electron chi connectivity index (χ2n) is 6.41. The van der Waals surface area contributed by atoms with E-state index in [1.807, 2.05) is 50.3 Å². The standard InChI is InChI=1S/C19H23N5O2S/c1-12-5-6-16(13(2)9-12)26-8-7-20-17(25)11-27-19-23-22-18-21-14(3)10-15(4)24(18)19/h5-6,9-10H,7-8,11H2,1-4H3,(H,20,25). The Labute approximate surface area is 162 Å². The van der Waals surface area contributed by atoms with Gasteiger partial charge in [-0.2, -0.15) is 0 Å². The first kappa shape index (κ1) is 19.2. The summed E-state index contributed by atoms with van der Waals surface area (Å²) in [5, 5.41) is 11.7. The fraction of sp³-hybridized carbons (Fsp3) is 0.368. The number of rotatable bonds is 7. The predicted octanol–water partition coefficient (Wildman–Crippen LogP) is 2.65. The lowest BCUT2D eigenvalue weighted by Crippen LogP contribution is -2.29. The number of ether oxygens (including phenoxy) is 1. The van der Waals surface area contributed by atoms with E-state index < -0.39 is 0 Å². The van der Waals surface area contributed by atoms with E-state index in [0.29, 0.717) is 24.1 Å². The number of benzene rings is 1. The molecule has 0 aliphatic carbocycles. The quantitative estimate of drug-likeness (QED) is 0.497. The number of amides is 1. The van der Waals surface area contributed by atoms with Crippen molar-refractivity contribution in [3.05, 3.63) is 46.8 Å². The van der Waals surface area contributed by atoms with Gasteiger partial charge in [0.2, 0.25) is 5.91 Å². The van der Waals surface area contributed by atoms with Crippen LogP contribution in [0.3, 0.4) is 0 Å². The number of hydrogen-bond donors (Lipinski definition) is 1. The fourth-order valence-corrected chi connectivity index (χ4v) is 3.60. The number of thioether (sulfide) groups is 1. The minimum atomic E-state index is -0.0706. The van der Waals surface area contributed by atoms with Crippen molar-refractivity contribution in [2.75, 3.05) is 18.9 Å². The molecule has 0 atom stereocenters. The lowest BCUT2D eigenvalue weighted by molar-refractivity contribution is -0.118. The monoisotopic (exact) mass is 385 g/mol. The topological polar surface area (TPSA) is 81.4 Å². The van der Waals surface area contributed by atoms with Gasteiger partial charge in [0.1, 0.15) is 12.4 Å². The predicted molar refractivity (Wildman–Crippen MR) is 105 cm³/mol. The van der Waals surface area contributed by atoms with E-state index in [4.69, 9.17) is 4.74 Å². The van der Waals surface area contributed by atoms with Crippen LogP contribution in [0.15, 0.2) is 29.4 Å². The molecule has 1 N–H and O–H groups in total. The van der Waals surface area contributed by atoms with Gasteiger partial charge in [0.25, 0.3) is 5.78 Å². The van der Waals surface area contributed by atoms with Gasteiger partial charge in [0.15, 0.2) is 5.16 Å². The van der Waals surface area contributed by atoms with Crippen molar-refractivity contribution in [2.24, 2.45) is 0 Å². The van der Waals surface area contributed by atoms with Gasteiger partial charge in [0.05, 0.1) is 12.3 Å². The number of hydrogen-bond acceptors (Lipinski definition) is 6. The van der Waals surface area contributed by atoms with E-state index >= 15 is 0 Å². The Morgan fingerprint density at radius 1 is 1.19 bits per heavy atom.